The summed E-state index contributed by atoms with van der Waals surface area (Å²) in [6.45, 7) is 11.6. The van der Waals surface area contributed by atoms with Crippen LogP contribution in [0.15, 0.2) is 49.0 Å². The number of benzene rings is 2. The van der Waals surface area contributed by atoms with E-state index in [1.54, 1.807) is 0 Å². The van der Waals surface area contributed by atoms with Gasteiger partial charge >= 0.3 is 0 Å². The summed E-state index contributed by atoms with van der Waals surface area (Å²) in [6.07, 6.45) is 2.06. The molecule has 0 aromatic heterocycles. The first-order valence-electron chi connectivity index (χ1n) is 7.68. The van der Waals surface area contributed by atoms with E-state index in [1.807, 2.05) is 0 Å². The smallest absolute Gasteiger partial charge is 0.0343 e. The molecule has 21 heavy (non-hydrogen) atoms. The van der Waals surface area contributed by atoms with E-state index in [0.717, 1.165) is 25.1 Å². The molecule has 0 spiro atoms. The van der Waals surface area contributed by atoms with E-state index < -0.39 is 0 Å². The molecular weight excluding hydrogens is 254 g/mol. The molecule has 1 nitrogen and oxygen atoms in total. The van der Waals surface area contributed by atoms with Crippen LogP contribution in [0.4, 0.5) is 0 Å². The highest BCUT2D eigenvalue weighted by Crippen LogP contribution is 2.18. The minimum absolute atomic E-state index is 0.916. The van der Waals surface area contributed by atoms with Crippen molar-refractivity contribution in [2.45, 2.75) is 33.6 Å². The first-order chi connectivity index (χ1) is 10.1. The van der Waals surface area contributed by atoms with E-state index in [2.05, 4.69) is 75.1 Å². The quantitative estimate of drug-likeness (QED) is 0.810. The topological polar surface area (TPSA) is 12.0 Å². The maximum Gasteiger partial charge on any atom is 0.0343 e. The number of nitrogens with one attached hydrogen (secondary N) is 1. The standard InChI is InChI=1S/C20H25N/c1-5-19-11-8-16(3)14-20(19)17(4)21-13-12-18-9-6-15(2)7-10-18/h6-11,14,21H,4-5,12-13H2,1-3H3. The summed E-state index contributed by atoms with van der Waals surface area (Å²) in [4.78, 5) is 0. The molecule has 1 heteroatoms. The van der Waals surface area contributed by atoms with Gasteiger partial charge in [-0.3, -0.25) is 0 Å². The van der Waals surface area contributed by atoms with E-state index >= 15 is 0 Å². The molecule has 0 atom stereocenters. The van der Waals surface area contributed by atoms with Crippen LogP contribution < -0.4 is 5.32 Å². The monoisotopic (exact) mass is 279 g/mol. The van der Waals surface area contributed by atoms with Crippen LogP contribution in [0.3, 0.4) is 0 Å². The number of hydrogen-bond donors (Lipinski definition) is 1. The SMILES string of the molecule is C=C(NCCc1ccc(C)cc1)c1cc(C)ccc1CC. The molecule has 1 N–H and O–H groups in total. The van der Waals surface area contributed by atoms with E-state index in [9.17, 15) is 0 Å². The molecule has 0 heterocycles. The first kappa shape index (κ1) is 15.4. The predicted molar refractivity (Wildman–Crippen MR) is 92.5 cm³/mol. The number of hydrogen-bond acceptors (Lipinski definition) is 1. The summed E-state index contributed by atoms with van der Waals surface area (Å²) in [6, 6.07) is 15.3. The Labute approximate surface area is 128 Å². The molecule has 0 radical (unpaired) electrons. The van der Waals surface area contributed by atoms with Crippen molar-refractivity contribution in [3.63, 3.8) is 0 Å². The van der Waals surface area contributed by atoms with Gasteiger partial charge in [0.05, 0.1) is 0 Å². The zero-order chi connectivity index (χ0) is 15.2. The fourth-order valence-corrected chi connectivity index (χ4v) is 2.49. The summed E-state index contributed by atoms with van der Waals surface area (Å²) in [5, 5.41) is 3.47. The van der Waals surface area contributed by atoms with Crippen LogP contribution >= 0.6 is 0 Å². The second kappa shape index (κ2) is 7.12. The van der Waals surface area contributed by atoms with Gasteiger partial charge in [-0.25, -0.2) is 0 Å². The highest BCUT2D eigenvalue weighted by Gasteiger charge is 2.05. The summed E-state index contributed by atoms with van der Waals surface area (Å²) in [5.41, 5.74) is 7.59. The van der Waals surface area contributed by atoms with Crippen molar-refractivity contribution in [3.8, 4) is 0 Å². The molecule has 0 fully saturated rings. The minimum atomic E-state index is 0.916. The second-order valence-electron chi connectivity index (χ2n) is 5.66. The first-order valence-corrected chi connectivity index (χ1v) is 7.68. The maximum absolute atomic E-state index is 4.21. The lowest BCUT2D eigenvalue weighted by molar-refractivity contribution is 0.846. The summed E-state index contributed by atoms with van der Waals surface area (Å²) in [5.74, 6) is 0. The van der Waals surface area contributed by atoms with Gasteiger partial charge in [0.2, 0.25) is 0 Å². The molecule has 0 saturated heterocycles. The van der Waals surface area contributed by atoms with Gasteiger partial charge in [0.1, 0.15) is 0 Å². The van der Waals surface area contributed by atoms with Crippen molar-refractivity contribution < 1.29 is 0 Å². The Morgan fingerprint density at radius 2 is 1.67 bits per heavy atom. The van der Waals surface area contributed by atoms with Gasteiger partial charge in [0, 0.05) is 17.8 Å². The summed E-state index contributed by atoms with van der Waals surface area (Å²) >= 11 is 0. The molecule has 2 aromatic carbocycles. The van der Waals surface area contributed by atoms with Gasteiger partial charge in [0.25, 0.3) is 0 Å². The molecule has 2 rings (SSSR count). The van der Waals surface area contributed by atoms with E-state index in [4.69, 9.17) is 0 Å². The molecule has 0 saturated carbocycles. The molecular formula is C20H25N. The summed E-state index contributed by atoms with van der Waals surface area (Å²) < 4.78 is 0. The van der Waals surface area contributed by atoms with Crippen molar-refractivity contribution in [2.75, 3.05) is 6.54 Å². The van der Waals surface area contributed by atoms with Crippen LogP contribution in [0.1, 0.15) is 34.7 Å². The van der Waals surface area contributed by atoms with Gasteiger partial charge in [-0.15, -0.1) is 0 Å². The van der Waals surface area contributed by atoms with Crippen LogP contribution in [-0.4, -0.2) is 6.54 Å². The highest BCUT2D eigenvalue weighted by molar-refractivity contribution is 5.65. The zero-order valence-corrected chi connectivity index (χ0v) is 13.4. The Kier molecular flexibility index (Phi) is 5.21. The zero-order valence-electron chi connectivity index (χ0n) is 13.4. The third-order valence-electron chi connectivity index (χ3n) is 3.84. The third-order valence-corrected chi connectivity index (χ3v) is 3.84. The molecule has 0 amide bonds. The lowest BCUT2D eigenvalue weighted by Crippen LogP contribution is -2.16. The molecule has 0 aliphatic rings. The Bertz CT molecular complexity index is 608. The number of rotatable bonds is 6. The van der Waals surface area contributed by atoms with Crippen LogP contribution in [0, 0.1) is 13.8 Å². The Balaban J connectivity index is 1.95. The van der Waals surface area contributed by atoms with Crippen LogP contribution in [0.2, 0.25) is 0 Å². The van der Waals surface area contributed by atoms with Crippen molar-refractivity contribution in [2.24, 2.45) is 0 Å². The van der Waals surface area contributed by atoms with Crippen LogP contribution in [-0.2, 0) is 12.8 Å². The van der Waals surface area contributed by atoms with Gasteiger partial charge in [-0.1, -0.05) is 61.0 Å². The van der Waals surface area contributed by atoms with E-state index in [1.165, 1.54) is 27.8 Å². The van der Waals surface area contributed by atoms with Gasteiger partial charge in [-0.2, -0.15) is 0 Å². The van der Waals surface area contributed by atoms with Gasteiger partial charge in [-0.05, 0) is 43.9 Å². The molecule has 0 unspecified atom stereocenters. The van der Waals surface area contributed by atoms with Gasteiger partial charge < -0.3 is 5.32 Å². The average molecular weight is 279 g/mol. The molecule has 0 aliphatic carbocycles. The number of aryl methyl sites for hydroxylation is 3. The minimum Gasteiger partial charge on any atom is -0.385 e. The van der Waals surface area contributed by atoms with E-state index in [0.29, 0.717) is 0 Å². The van der Waals surface area contributed by atoms with Crippen molar-refractivity contribution >= 4 is 5.70 Å². The molecule has 110 valence electrons. The van der Waals surface area contributed by atoms with Crippen LogP contribution in [0.25, 0.3) is 5.70 Å². The summed E-state index contributed by atoms with van der Waals surface area (Å²) in [7, 11) is 0. The maximum atomic E-state index is 4.21. The normalized spacial score (nSPS) is 10.4. The van der Waals surface area contributed by atoms with Crippen molar-refractivity contribution in [1.29, 1.82) is 0 Å². The van der Waals surface area contributed by atoms with Gasteiger partial charge in [0.15, 0.2) is 0 Å². The second-order valence-corrected chi connectivity index (χ2v) is 5.66. The van der Waals surface area contributed by atoms with Crippen molar-refractivity contribution in [3.05, 3.63) is 76.9 Å². The molecule has 0 aliphatic heterocycles. The highest BCUT2D eigenvalue weighted by atomic mass is 14.9. The lowest BCUT2D eigenvalue weighted by Gasteiger charge is -2.14. The molecule has 0 bridgehead atoms. The van der Waals surface area contributed by atoms with Crippen LogP contribution in [0.5, 0.6) is 0 Å². The molecule has 2 aromatic rings. The Hall–Kier alpha value is -2.02. The largest absolute Gasteiger partial charge is 0.385 e. The predicted octanol–water partition coefficient (Wildman–Crippen LogP) is 4.67. The fourth-order valence-electron chi connectivity index (χ4n) is 2.49. The van der Waals surface area contributed by atoms with E-state index in [-0.39, 0.29) is 0 Å². The fraction of sp³-hybridized carbons (Fsp3) is 0.300. The third kappa shape index (κ3) is 4.22. The lowest BCUT2D eigenvalue weighted by atomic mass is 10.0. The van der Waals surface area contributed by atoms with Crippen molar-refractivity contribution in [1.82, 2.24) is 5.32 Å². The Morgan fingerprint density at radius 1 is 1.00 bits per heavy atom. The Morgan fingerprint density at radius 3 is 2.33 bits per heavy atom. The average Bonchev–Trinajstić information content (AvgIpc) is 2.49.